The number of carbonyl (C=O) groups excluding carboxylic acids is 2. The number of hydrogen-bond acceptors (Lipinski definition) is 3. The highest BCUT2D eigenvalue weighted by Gasteiger charge is 2.09. The topological polar surface area (TPSA) is 58.2 Å². The van der Waals surface area contributed by atoms with E-state index in [-0.39, 0.29) is 11.8 Å². The Labute approximate surface area is 134 Å². The molecule has 0 saturated carbocycles. The van der Waals surface area contributed by atoms with Crippen molar-refractivity contribution in [3.63, 3.8) is 0 Å². The molecule has 0 radical (unpaired) electrons. The number of hydrogen-bond donors (Lipinski definition) is 2. The molecule has 2 N–H and O–H groups in total. The number of carbonyl (C=O) groups is 2. The maximum absolute atomic E-state index is 12.1. The van der Waals surface area contributed by atoms with Crippen molar-refractivity contribution in [2.45, 2.75) is 20.8 Å². The summed E-state index contributed by atoms with van der Waals surface area (Å²) >= 11 is 1.40. The van der Waals surface area contributed by atoms with Crippen molar-refractivity contribution in [2.75, 3.05) is 13.1 Å². The lowest BCUT2D eigenvalue weighted by Gasteiger charge is -2.10. The van der Waals surface area contributed by atoms with Crippen LogP contribution < -0.4 is 10.6 Å². The number of amides is 2. The highest BCUT2D eigenvalue weighted by Crippen LogP contribution is 2.15. The summed E-state index contributed by atoms with van der Waals surface area (Å²) in [6.07, 6.45) is 0. The van der Waals surface area contributed by atoms with Crippen LogP contribution in [0.4, 0.5) is 0 Å². The number of rotatable bonds is 5. The summed E-state index contributed by atoms with van der Waals surface area (Å²) < 4.78 is 0. The standard InChI is InChI=1S/C17H20N2O2S/c1-11-9-14(10-12(2)13(11)3)16(20)18-6-7-19-17(21)15-5-4-8-22-15/h4-5,8-10H,6-7H2,1-3H3,(H,18,20)(H,19,21). The van der Waals surface area contributed by atoms with E-state index in [4.69, 9.17) is 0 Å². The quantitative estimate of drug-likeness (QED) is 0.833. The highest BCUT2D eigenvalue weighted by molar-refractivity contribution is 7.12. The van der Waals surface area contributed by atoms with Crippen molar-refractivity contribution in [2.24, 2.45) is 0 Å². The first-order valence-electron chi connectivity index (χ1n) is 7.17. The number of nitrogens with one attached hydrogen (secondary N) is 2. The average molecular weight is 316 g/mol. The molecule has 2 amide bonds. The van der Waals surface area contributed by atoms with Crippen molar-refractivity contribution in [3.05, 3.63) is 56.8 Å². The highest BCUT2D eigenvalue weighted by atomic mass is 32.1. The van der Waals surface area contributed by atoms with Gasteiger partial charge in [0.15, 0.2) is 0 Å². The van der Waals surface area contributed by atoms with Gasteiger partial charge >= 0.3 is 0 Å². The average Bonchev–Trinajstić information content (AvgIpc) is 3.02. The van der Waals surface area contributed by atoms with Crippen LogP contribution in [0.1, 0.15) is 36.7 Å². The Morgan fingerprint density at radius 1 is 1.00 bits per heavy atom. The SMILES string of the molecule is Cc1cc(C(=O)NCCNC(=O)c2cccs2)cc(C)c1C. The minimum absolute atomic E-state index is 0.105. The second-order valence-electron chi connectivity index (χ2n) is 5.22. The van der Waals surface area contributed by atoms with Crippen LogP contribution in [-0.2, 0) is 0 Å². The van der Waals surface area contributed by atoms with Gasteiger partial charge in [0, 0.05) is 18.7 Å². The van der Waals surface area contributed by atoms with Crippen molar-refractivity contribution in [3.8, 4) is 0 Å². The van der Waals surface area contributed by atoms with E-state index in [0.29, 0.717) is 23.5 Å². The van der Waals surface area contributed by atoms with Crippen LogP contribution in [0.3, 0.4) is 0 Å². The molecular weight excluding hydrogens is 296 g/mol. The summed E-state index contributed by atoms with van der Waals surface area (Å²) in [5, 5.41) is 7.46. The third-order valence-electron chi connectivity index (χ3n) is 3.63. The van der Waals surface area contributed by atoms with Crippen LogP contribution in [0.15, 0.2) is 29.6 Å². The molecule has 1 aromatic heterocycles. The van der Waals surface area contributed by atoms with Crippen LogP contribution in [0.5, 0.6) is 0 Å². The second kappa shape index (κ2) is 7.22. The molecule has 2 rings (SSSR count). The third kappa shape index (κ3) is 3.95. The van der Waals surface area contributed by atoms with E-state index in [9.17, 15) is 9.59 Å². The van der Waals surface area contributed by atoms with E-state index >= 15 is 0 Å². The Kier molecular flexibility index (Phi) is 5.33. The van der Waals surface area contributed by atoms with Crippen LogP contribution in [0, 0.1) is 20.8 Å². The molecule has 0 aliphatic carbocycles. The predicted octanol–water partition coefficient (Wildman–Crippen LogP) is 2.83. The van der Waals surface area contributed by atoms with E-state index in [2.05, 4.69) is 10.6 Å². The van der Waals surface area contributed by atoms with E-state index in [1.165, 1.54) is 16.9 Å². The van der Waals surface area contributed by atoms with Crippen molar-refractivity contribution < 1.29 is 9.59 Å². The first-order valence-corrected chi connectivity index (χ1v) is 8.04. The first kappa shape index (κ1) is 16.2. The predicted molar refractivity (Wildman–Crippen MR) is 89.6 cm³/mol. The number of aryl methyl sites for hydroxylation is 2. The minimum Gasteiger partial charge on any atom is -0.350 e. The third-order valence-corrected chi connectivity index (χ3v) is 4.50. The molecule has 0 unspecified atom stereocenters. The summed E-state index contributed by atoms with van der Waals surface area (Å²) in [5.74, 6) is -0.220. The molecule has 0 fully saturated rings. The van der Waals surface area contributed by atoms with Gasteiger partial charge in [-0.15, -0.1) is 11.3 Å². The van der Waals surface area contributed by atoms with E-state index in [1.807, 2.05) is 44.4 Å². The van der Waals surface area contributed by atoms with Gasteiger partial charge < -0.3 is 10.6 Å². The summed E-state index contributed by atoms with van der Waals surface area (Å²) in [7, 11) is 0. The maximum atomic E-state index is 12.1. The minimum atomic E-state index is -0.114. The Bertz CT molecular complexity index is 655. The molecule has 0 bridgehead atoms. The monoisotopic (exact) mass is 316 g/mol. The molecule has 1 aromatic carbocycles. The number of benzene rings is 1. The lowest BCUT2D eigenvalue weighted by Crippen LogP contribution is -2.34. The molecule has 2 aromatic rings. The van der Waals surface area contributed by atoms with E-state index in [1.54, 1.807) is 6.07 Å². The van der Waals surface area contributed by atoms with Gasteiger partial charge in [0.2, 0.25) is 0 Å². The first-order chi connectivity index (χ1) is 10.5. The summed E-state index contributed by atoms with van der Waals surface area (Å²) in [6, 6.07) is 7.39. The molecule has 116 valence electrons. The fourth-order valence-electron chi connectivity index (χ4n) is 2.12. The Morgan fingerprint density at radius 2 is 1.59 bits per heavy atom. The number of thiophene rings is 1. The summed E-state index contributed by atoms with van der Waals surface area (Å²) in [4.78, 5) is 24.5. The van der Waals surface area contributed by atoms with Crippen LogP contribution >= 0.6 is 11.3 Å². The zero-order valence-corrected chi connectivity index (χ0v) is 13.8. The maximum Gasteiger partial charge on any atom is 0.261 e. The summed E-state index contributed by atoms with van der Waals surface area (Å²) in [5.41, 5.74) is 4.08. The molecule has 1 heterocycles. The molecular formula is C17H20N2O2S. The van der Waals surface area contributed by atoms with Crippen LogP contribution in [-0.4, -0.2) is 24.9 Å². The van der Waals surface area contributed by atoms with E-state index in [0.717, 1.165) is 11.1 Å². The van der Waals surface area contributed by atoms with Gasteiger partial charge in [-0.2, -0.15) is 0 Å². The Hall–Kier alpha value is -2.14. The van der Waals surface area contributed by atoms with Crippen LogP contribution in [0.25, 0.3) is 0 Å². The second-order valence-corrected chi connectivity index (χ2v) is 6.17. The van der Waals surface area contributed by atoms with Crippen LogP contribution in [0.2, 0.25) is 0 Å². The summed E-state index contributed by atoms with van der Waals surface area (Å²) in [6.45, 7) is 6.86. The Balaban J connectivity index is 1.82. The molecule has 22 heavy (non-hydrogen) atoms. The molecule has 0 atom stereocenters. The molecule has 4 nitrogen and oxygen atoms in total. The van der Waals surface area contributed by atoms with Gasteiger partial charge in [0.05, 0.1) is 4.88 Å². The molecule has 0 aliphatic heterocycles. The van der Waals surface area contributed by atoms with Crippen molar-refractivity contribution in [1.29, 1.82) is 0 Å². The lowest BCUT2D eigenvalue weighted by atomic mass is 10.0. The fraction of sp³-hybridized carbons (Fsp3) is 0.294. The molecule has 0 aliphatic rings. The zero-order chi connectivity index (χ0) is 16.1. The molecule has 5 heteroatoms. The normalized spacial score (nSPS) is 10.3. The smallest absolute Gasteiger partial charge is 0.261 e. The fourth-order valence-corrected chi connectivity index (χ4v) is 2.76. The van der Waals surface area contributed by atoms with Crippen molar-refractivity contribution in [1.82, 2.24) is 10.6 Å². The van der Waals surface area contributed by atoms with Gasteiger partial charge in [0.25, 0.3) is 11.8 Å². The lowest BCUT2D eigenvalue weighted by molar-refractivity contribution is 0.0929. The Morgan fingerprint density at radius 3 is 2.14 bits per heavy atom. The van der Waals surface area contributed by atoms with Gasteiger partial charge in [-0.25, -0.2) is 0 Å². The molecule has 0 spiro atoms. The van der Waals surface area contributed by atoms with Gasteiger partial charge in [0.1, 0.15) is 0 Å². The van der Waals surface area contributed by atoms with E-state index < -0.39 is 0 Å². The zero-order valence-electron chi connectivity index (χ0n) is 13.0. The van der Waals surface area contributed by atoms with Gasteiger partial charge in [-0.05, 0) is 61.0 Å². The van der Waals surface area contributed by atoms with Gasteiger partial charge in [-0.3, -0.25) is 9.59 Å². The van der Waals surface area contributed by atoms with Gasteiger partial charge in [-0.1, -0.05) is 6.07 Å². The molecule has 0 saturated heterocycles. The largest absolute Gasteiger partial charge is 0.350 e. The van der Waals surface area contributed by atoms with Crippen molar-refractivity contribution >= 4 is 23.2 Å².